The Morgan fingerprint density at radius 1 is 1.04 bits per heavy atom. The molecule has 144 valence electrons. The van der Waals surface area contributed by atoms with Crippen LogP contribution in [0.4, 0.5) is 15.8 Å². The molecule has 1 saturated heterocycles. The second-order valence-electron chi connectivity index (χ2n) is 6.28. The molecule has 0 bridgehead atoms. The number of benzene rings is 2. The van der Waals surface area contributed by atoms with E-state index in [9.17, 15) is 9.18 Å². The van der Waals surface area contributed by atoms with Crippen molar-refractivity contribution >= 4 is 52.1 Å². The van der Waals surface area contributed by atoms with Crippen LogP contribution >= 0.6 is 34.8 Å². The van der Waals surface area contributed by atoms with Crippen LogP contribution in [0.5, 0.6) is 0 Å². The third-order valence-corrected chi connectivity index (χ3v) is 5.18. The van der Waals surface area contributed by atoms with Crippen LogP contribution in [-0.4, -0.2) is 44.0 Å². The second-order valence-corrected chi connectivity index (χ2v) is 7.53. The minimum absolute atomic E-state index is 0.180. The Morgan fingerprint density at radius 2 is 1.67 bits per heavy atom. The highest BCUT2D eigenvalue weighted by molar-refractivity contribution is 6.41. The number of carbonyl (C=O) groups excluding carboxylic acids is 1. The summed E-state index contributed by atoms with van der Waals surface area (Å²) in [7, 11) is 2.04. The van der Waals surface area contributed by atoms with Crippen LogP contribution < -0.4 is 15.8 Å². The summed E-state index contributed by atoms with van der Waals surface area (Å²) in [6.45, 7) is 3.23. The van der Waals surface area contributed by atoms with Crippen LogP contribution in [0.25, 0.3) is 0 Å². The van der Waals surface area contributed by atoms with Gasteiger partial charge in [0.05, 0.1) is 21.4 Å². The Kier molecular flexibility index (Phi) is 6.32. The number of anilines is 2. The van der Waals surface area contributed by atoms with Crippen molar-refractivity contribution in [2.45, 2.75) is 0 Å². The number of hydrogen-bond donors (Lipinski definition) is 2. The number of hydrogen-bond acceptors (Lipinski definition) is 4. The lowest BCUT2D eigenvalue weighted by Gasteiger charge is -2.34. The van der Waals surface area contributed by atoms with E-state index >= 15 is 0 Å². The second kappa shape index (κ2) is 8.52. The molecule has 1 aliphatic heterocycles. The van der Waals surface area contributed by atoms with Crippen molar-refractivity contribution in [1.29, 1.82) is 0 Å². The maximum Gasteiger partial charge on any atom is 0.269 e. The SMILES string of the molecule is CN1CCN(c2ccc(C(=O)NNc3c(Cl)cc(Cl)cc3Cl)cc2F)CC1. The fraction of sp³-hybridized carbons (Fsp3) is 0.278. The summed E-state index contributed by atoms with van der Waals surface area (Å²) in [6.07, 6.45) is 0. The molecule has 2 N–H and O–H groups in total. The van der Waals surface area contributed by atoms with Crippen LogP contribution in [0.15, 0.2) is 30.3 Å². The van der Waals surface area contributed by atoms with Gasteiger partial charge < -0.3 is 9.80 Å². The van der Waals surface area contributed by atoms with Gasteiger partial charge in [-0.1, -0.05) is 34.8 Å². The molecule has 1 amide bonds. The number of carbonyl (C=O) groups is 1. The van der Waals surface area contributed by atoms with Crippen molar-refractivity contribution in [3.8, 4) is 0 Å². The summed E-state index contributed by atoms with van der Waals surface area (Å²) in [5.74, 6) is -0.948. The van der Waals surface area contributed by atoms with Crippen molar-refractivity contribution in [3.05, 3.63) is 56.8 Å². The number of hydrazine groups is 1. The predicted octanol–water partition coefficient (Wildman–Crippen LogP) is 4.29. The van der Waals surface area contributed by atoms with E-state index in [1.165, 1.54) is 18.2 Å². The third kappa shape index (κ3) is 4.76. The summed E-state index contributed by atoms with van der Waals surface area (Å²) in [6, 6.07) is 7.41. The van der Waals surface area contributed by atoms with Crippen molar-refractivity contribution in [1.82, 2.24) is 10.3 Å². The lowest BCUT2D eigenvalue weighted by Crippen LogP contribution is -2.44. The van der Waals surface area contributed by atoms with E-state index in [2.05, 4.69) is 15.8 Å². The van der Waals surface area contributed by atoms with Crippen molar-refractivity contribution in [2.75, 3.05) is 43.6 Å². The standard InChI is InChI=1S/C18H18Cl3FN4O/c1-25-4-6-26(7-5-25)16-3-2-11(8-15(16)22)18(27)24-23-17-13(20)9-12(19)10-14(17)21/h2-3,8-10,23H,4-7H2,1H3,(H,24,27). The van der Waals surface area contributed by atoms with Crippen LogP contribution in [0.2, 0.25) is 15.1 Å². The number of nitrogens with one attached hydrogen (secondary N) is 2. The van der Waals surface area contributed by atoms with E-state index < -0.39 is 11.7 Å². The Balaban J connectivity index is 1.68. The number of piperazine rings is 1. The molecule has 0 unspecified atom stereocenters. The van der Waals surface area contributed by atoms with Gasteiger partial charge in [-0.05, 0) is 37.4 Å². The fourth-order valence-electron chi connectivity index (χ4n) is 2.80. The van der Waals surface area contributed by atoms with Crippen LogP contribution in [0.3, 0.4) is 0 Å². The molecule has 1 aliphatic rings. The summed E-state index contributed by atoms with van der Waals surface area (Å²) in [4.78, 5) is 16.5. The molecule has 5 nitrogen and oxygen atoms in total. The molecule has 0 aliphatic carbocycles. The average Bonchev–Trinajstić information content (AvgIpc) is 2.61. The molecular weight excluding hydrogens is 414 g/mol. The van der Waals surface area contributed by atoms with Gasteiger partial charge in [-0.2, -0.15) is 0 Å². The number of rotatable bonds is 4. The monoisotopic (exact) mass is 430 g/mol. The third-order valence-electron chi connectivity index (χ3n) is 4.36. The lowest BCUT2D eigenvalue weighted by molar-refractivity contribution is 0.0962. The predicted molar refractivity (Wildman–Crippen MR) is 109 cm³/mol. The molecule has 0 spiro atoms. The first-order valence-corrected chi connectivity index (χ1v) is 9.42. The molecule has 9 heteroatoms. The first kappa shape index (κ1) is 20.0. The maximum absolute atomic E-state index is 14.5. The molecule has 0 aromatic heterocycles. The van der Waals surface area contributed by atoms with Crippen molar-refractivity contribution < 1.29 is 9.18 Å². The molecule has 1 heterocycles. The highest BCUT2D eigenvalue weighted by Gasteiger charge is 2.19. The van der Waals surface area contributed by atoms with Crippen LogP contribution in [0, 0.1) is 5.82 Å². The maximum atomic E-state index is 14.5. The van der Waals surface area contributed by atoms with Gasteiger partial charge >= 0.3 is 0 Å². The zero-order valence-electron chi connectivity index (χ0n) is 14.5. The quantitative estimate of drug-likeness (QED) is 0.709. The van der Waals surface area contributed by atoms with Crippen LogP contribution in [-0.2, 0) is 0 Å². The van der Waals surface area contributed by atoms with E-state index in [4.69, 9.17) is 34.8 Å². The highest BCUT2D eigenvalue weighted by atomic mass is 35.5. The van der Waals surface area contributed by atoms with Gasteiger partial charge in [-0.25, -0.2) is 4.39 Å². The van der Waals surface area contributed by atoms with E-state index in [1.807, 2.05) is 11.9 Å². The van der Waals surface area contributed by atoms with E-state index in [0.29, 0.717) is 16.4 Å². The molecule has 1 fully saturated rings. The molecular formula is C18H18Cl3FN4O. The van der Waals surface area contributed by atoms with Gasteiger partial charge in [-0.15, -0.1) is 0 Å². The topological polar surface area (TPSA) is 47.6 Å². The first-order valence-electron chi connectivity index (χ1n) is 8.29. The Hall–Kier alpha value is -1.73. The zero-order valence-corrected chi connectivity index (χ0v) is 16.8. The van der Waals surface area contributed by atoms with Gasteiger partial charge in [0.15, 0.2) is 0 Å². The van der Waals surface area contributed by atoms with E-state index in [1.54, 1.807) is 12.1 Å². The average molecular weight is 432 g/mol. The molecule has 2 aromatic rings. The Morgan fingerprint density at radius 3 is 2.26 bits per heavy atom. The summed E-state index contributed by atoms with van der Waals surface area (Å²) >= 11 is 18.0. The molecule has 0 atom stereocenters. The number of likely N-dealkylation sites (N-methyl/N-ethyl adjacent to an activating group) is 1. The summed E-state index contributed by atoms with van der Waals surface area (Å²) in [5.41, 5.74) is 6.10. The zero-order chi connectivity index (χ0) is 19.6. The van der Waals surface area contributed by atoms with Gasteiger partial charge in [0, 0.05) is 36.8 Å². The first-order chi connectivity index (χ1) is 12.8. The summed E-state index contributed by atoms with van der Waals surface area (Å²) in [5, 5.41) is 0.886. The van der Waals surface area contributed by atoms with E-state index in [0.717, 1.165) is 26.2 Å². The van der Waals surface area contributed by atoms with Gasteiger partial charge in [0.25, 0.3) is 5.91 Å². The van der Waals surface area contributed by atoms with Gasteiger partial charge in [0.1, 0.15) is 5.82 Å². The van der Waals surface area contributed by atoms with Crippen molar-refractivity contribution in [3.63, 3.8) is 0 Å². The van der Waals surface area contributed by atoms with Crippen LogP contribution in [0.1, 0.15) is 10.4 Å². The molecule has 2 aromatic carbocycles. The lowest BCUT2D eigenvalue weighted by atomic mass is 10.1. The number of nitrogens with zero attached hydrogens (tertiary/aromatic N) is 2. The molecule has 0 radical (unpaired) electrons. The molecule has 27 heavy (non-hydrogen) atoms. The minimum Gasteiger partial charge on any atom is -0.367 e. The fourth-order valence-corrected chi connectivity index (χ4v) is 3.72. The minimum atomic E-state index is -0.513. The normalized spacial score (nSPS) is 14.9. The summed E-state index contributed by atoms with van der Waals surface area (Å²) < 4.78 is 14.5. The Bertz CT molecular complexity index is 833. The smallest absolute Gasteiger partial charge is 0.269 e. The molecule has 3 rings (SSSR count). The van der Waals surface area contributed by atoms with E-state index in [-0.39, 0.29) is 15.6 Å². The number of amides is 1. The van der Waals surface area contributed by atoms with Crippen molar-refractivity contribution in [2.24, 2.45) is 0 Å². The van der Waals surface area contributed by atoms with Gasteiger partial charge in [0.2, 0.25) is 0 Å². The number of halogens is 4. The van der Waals surface area contributed by atoms with Gasteiger partial charge in [-0.3, -0.25) is 15.6 Å². The highest BCUT2D eigenvalue weighted by Crippen LogP contribution is 2.33. The largest absolute Gasteiger partial charge is 0.367 e. The Labute approximate surface area is 171 Å². The molecule has 0 saturated carbocycles.